The van der Waals surface area contributed by atoms with Crippen molar-refractivity contribution >= 4 is 35.1 Å². The van der Waals surface area contributed by atoms with Gasteiger partial charge >= 0.3 is 0 Å². The molecule has 2 rings (SSSR count). The predicted molar refractivity (Wildman–Crippen MR) is 117 cm³/mol. The molecule has 10 heteroatoms. The topological polar surface area (TPSA) is 114 Å². The van der Waals surface area contributed by atoms with E-state index in [0.717, 1.165) is 5.57 Å². The molecule has 2 amide bonds. The fourth-order valence-corrected chi connectivity index (χ4v) is 3.57. The predicted octanol–water partition coefficient (Wildman–Crippen LogP) is 1.30. The van der Waals surface area contributed by atoms with Crippen molar-refractivity contribution in [3.63, 3.8) is 0 Å². The van der Waals surface area contributed by atoms with Crippen LogP contribution in [-0.4, -0.2) is 65.1 Å². The highest BCUT2D eigenvalue weighted by molar-refractivity contribution is 7.99. The Hall–Kier alpha value is -2.98. The van der Waals surface area contributed by atoms with Gasteiger partial charge in [0.25, 0.3) is 5.91 Å². The summed E-state index contributed by atoms with van der Waals surface area (Å²) >= 11 is 1.37. The SMILES string of the molecule is C=C/C=C(\C=C)CNN(C)C(=N)C(=O)N[C@H]1CSc2nc(C)ncc2N(C)C1=O.[HH]. The van der Waals surface area contributed by atoms with Gasteiger partial charge in [-0.2, -0.15) is 0 Å². The first-order valence-electron chi connectivity index (χ1n) is 8.83. The number of anilines is 1. The summed E-state index contributed by atoms with van der Waals surface area (Å²) in [5.74, 6) is -0.342. The third kappa shape index (κ3) is 5.52. The largest absolute Gasteiger partial charge is 0.337 e. The average molecular weight is 418 g/mol. The number of carbonyl (C=O) groups excluding carboxylic acids is 2. The maximum atomic E-state index is 12.8. The first kappa shape index (κ1) is 22.3. The Labute approximate surface area is 175 Å². The van der Waals surface area contributed by atoms with Gasteiger partial charge in [-0.05, 0) is 12.5 Å². The maximum absolute atomic E-state index is 12.8. The van der Waals surface area contributed by atoms with Crippen LogP contribution in [0.3, 0.4) is 0 Å². The molecule has 9 nitrogen and oxygen atoms in total. The Balaban J connectivity index is 0.00000450. The summed E-state index contributed by atoms with van der Waals surface area (Å²) in [6.45, 7) is 9.47. The lowest BCUT2D eigenvalue weighted by molar-refractivity contribution is -0.124. The number of thioether (sulfide) groups is 1. The number of nitrogens with one attached hydrogen (secondary N) is 3. The van der Waals surface area contributed by atoms with Gasteiger partial charge in [-0.1, -0.05) is 31.4 Å². The maximum Gasteiger partial charge on any atom is 0.288 e. The molecule has 156 valence electrons. The van der Waals surface area contributed by atoms with Gasteiger partial charge in [0.1, 0.15) is 16.9 Å². The van der Waals surface area contributed by atoms with Crippen molar-refractivity contribution in [1.29, 1.82) is 5.41 Å². The summed E-state index contributed by atoms with van der Waals surface area (Å²) in [6.07, 6.45) is 6.66. The van der Waals surface area contributed by atoms with E-state index in [-0.39, 0.29) is 13.2 Å². The Morgan fingerprint density at radius 3 is 2.93 bits per heavy atom. The van der Waals surface area contributed by atoms with Crippen molar-refractivity contribution < 1.29 is 11.0 Å². The van der Waals surface area contributed by atoms with E-state index in [1.807, 2.05) is 0 Å². The molecule has 1 aromatic heterocycles. The van der Waals surface area contributed by atoms with Crippen LogP contribution < -0.4 is 15.6 Å². The number of hydrogen-bond donors (Lipinski definition) is 3. The molecule has 0 aromatic carbocycles. The zero-order chi connectivity index (χ0) is 21.6. The lowest BCUT2D eigenvalue weighted by Crippen LogP contribution is -2.54. The third-order valence-corrected chi connectivity index (χ3v) is 5.28. The number of amidine groups is 1. The summed E-state index contributed by atoms with van der Waals surface area (Å²) in [5, 5.41) is 12.7. The van der Waals surface area contributed by atoms with Gasteiger partial charge in [0.15, 0.2) is 0 Å². The van der Waals surface area contributed by atoms with Crippen LogP contribution in [0.5, 0.6) is 0 Å². The summed E-state index contributed by atoms with van der Waals surface area (Å²) in [6, 6.07) is -0.787. The molecular weight excluding hydrogens is 390 g/mol. The highest BCUT2D eigenvalue weighted by atomic mass is 32.2. The molecule has 1 aliphatic heterocycles. The van der Waals surface area contributed by atoms with Gasteiger partial charge < -0.3 is 10.2 Å². The molecule has 0 spiro atoms. The van der Waals surface area contributed by atoms with Crippen molar-refractivity contribution in [2.75, 3.05) is 31.3 Å². The van der Waals surface area contributed by atoms with E-state index in [1.165, 1.54) is 21.7 Å². The number of hydrogen-bond acceptors (Lipinski definition) is 7. The number of aryl methyl sites for hydroxylation is 1. The molecule has 29 heavy (non-hydrogen) atoms. The van der Waals surface area contributed by atoms with Gasteiger partial charge in [0.2, 0.25) is 11.7 Å². The lowest BCUT2D eigenvalue weighted by Gasteiger charge is -2.24. The van der Waals surface area contributed by atoms with Gasteiger partial charge in [-0.15, -0.1) is 11.8 Å². The quantitative estimate of drug-likeness (QED) is 0.210. The van der Waals surface area contributed by atoms with E-state index in [2.05, 4.69) is 33.9 Å². The monoisotopic (exact) mass is 417 g/mol. The van der Waals surface area contributed by atoms with Crippen LogP contribution in [0.15, 0.2) is 48.2 Å². The second-order valence-corrected chi connectivity index (χ2v) is 7.27. The zero-order valence-electron chi connectivity index (χ0n) is 16.7. The molecule has 0 saturated carbocycles. The smallest absolute Gasteiger partial charge is 0.288 e. The van der Waals surface area contributed by atoms with Gasteiger partial charge in [0, 0.05) is 27.8 Å². The third-order valence-electron chi connectivity index (χ3n) is 4.20. The van der Waals surface area contributed by atoms with Crippen LogP contribution in [0.4, 0.5) is 5.69 Å². The van der Waals surface area contributed by atoms with Crippen LogP contribution in [0.1, 0.15) is 7.25 Å². The highest BCUT2D eigenvalue weighted by Crippen LogP contribution is 2.31. The fraction of sp³-hybridized carbons (Fsp3) is 0.316. The van der Waals surface area contributed by atoms with Crippen LogP contribution in [-0.2, 0) is 9.59 Å². The number of fused-ring (bicyclic) bond motifs is 1. The number of aromatic nitrogens is 2. The Morgan fingerprint density at radius 2 is 2.28 bits per heavy atom. The summed E-state index contributed by atoms with van der Waals surface area (Å²) in [4.78, 5) is 35.2. The molecule has 3 N–H and O–H groups in total. The molecule has 0 radical (unpaired) electrons. The van der Waals surface area contributed by atoms with Crippen LogP contribution in [0, 0.1) is 12.3 Å². The van der Waals surface area contributed by atoms with Crippen molar-refractivity contribution in [3.05, 3.63) is 49.0 Å². The molecule has 1 atom stereocenters. The first-order valence-corrected chi connectivity index (χ1v) is 9.81. The second kappa shape index (κ2) is 9.99. The molecule has 0 fully saturated rings. The Kier molecular flexibility index (Phi) is 7.68. The van der Waals surface area contributed by atoms with Crippen molar-refractivity contribution in [3.8, 4) is 0 Å². The number of rotatable bonds is 6. The second-order valence-electron chi connectivity index (χ2n) is 6.27. The number of amides is 2. The molecule has 1 aliphatic rings. The summed E-state index contributed by atoms with van der Waals surface area (Å²) in [5.41, 5.74) is 4.38. The normalized spacial score (nSPS) is 16.5. The Bertz CT molecular complexity index is 874. The van der Waals surface area contributed by atoms with E-state index in [4.69, 9.17) is 5.41 Å². The number of likely N-dealkylation sites (N-methyl/N-ethyl adjacent to an activating group) is 2. The minimum Gasteiger partial charge on any atom is -0.337 e. The lowest BCUT2D eigenvalue weighted by atomic mass is 10.2. The minimum absolute atomic E-state index is 0. The fourth-order valence-electron chi connectivity index (χ4n) is 2.49. The van der Waals surface area contributed by atoms with E-state index in [0.29, 0.717) is 28.8 Å². The molecule has 0 aliphatic carbocycles. The number of nitrogens with zero attached hydrogens (tertiary/aromatic N) is 4. The van der Waals surface area contributed by atoms with Crippen molar-refractivity contribution in [2.24, 2.45) is 0 Å². The van der Waals surface area contributed by atoms with E-state index >= 15 is 0 Å². The summed E-state index contributed by atoms with van der Waals surface area (Å²) < 4.78 is 0. The van der Waals surface area contributed by atoms with E-state index in [9.17, 15) is 9.59 Å². The van der Waals surface area contributed by atoms with Crippen molar-refractivity contribution in [2.45, 2.75) is 18.0 Å². The van der Waals surface area contributed by atoms with E-state index in [1.54, 1.807) is 45.4 Å². The molecule has 0 saturated heterocycles. The van der Waals surface area contributed by atoms with Crippen molar-refractivity contribution in [1.82, 2.24) is 25.7 Å². The van der Waals surface area contributed by atoms with Gasteiger partial charge in [-0.3, -0.25) is 20.0 Å². The highest BCUT2D eigenvalue weighted by Gasteiger charge is 2.32. The van der Waals surface area contributed by atoms with Crippen LogP contribution in [0.25, 0.3) is 0 Å². The van der Waals surface area contributed by atoms with Gasteiger partial charge in [-0.25, -0.2) is 15.4 Å². The molecular formula is C19H27N7O2S. The Morgan fingerprint density at radius 1 is 1.55 bits per heavy atom. The average Bonchev–Trinajstić information content (AvgIpc) is 2.82. The molecule has 0 bridgehead atoms. The molecule has 2 heterocycles. The van der Waals surface area contributed by atoms with Crippen LogP contribution in [0.2, 0.25) is 0 Å². The summed E-state index contributed by atoms with van der Waals surface area (Å²) in [7, 11) is 3.17. The number of hydrazine groups is 1. The zero-order valence-corrected chi connectivity index (χ0v) is 17.5. The first-order chi connectivity index (χ1) is 13.8. The van der Waals surface area contributed by atoms with Crippen LogP contribution >= 0.6 is 11.8 Å². The number of carbonyl (C=O) groups is 2. The standard InChI is InChI=1S/C19H25N7O2S.H2/c1-6-8-13(7-2)9-22-26(5)16(20)17(27)24-14-11-29-18-15(25(4)19(14)28)10-21-12(3)23-18;/h6-8,10,14,20,22H,1-2,9,11H2,3-5H3,(H,24,27);1H/b13-8+,20-16?;/t14-;/m0./s1. The molecule has 1 aromatic rings. The van der Waals surface area contributed by atoms with Gasteiger partial charge in [0.05, 0.1) is 11.9 Å². The minimum atomic E-state index is -0.787. The number of allylic oxidation sites excluding steroid dienone is 2. The molecule has 0 unspecified atom stereocenters. The van der Waals surface area contributed by atoms with E-state index < -0.39 is 11.9 Å².